The van der Waals surface area contributed by atoms with Gasteiger partial charge in [-0.15, -0.1) is 0 Å². The molecule has 2 nitrogen and oxygen atoms in total. The van der Waals surface area contributed by atoms with Crippen LogP contribution in [0.2, 0.25) is 0 Å². The molecule has 0 saturated heterocycles. The second kappa shape index (κ2) is 8.14. The van der Waals surface area contributed by atoms with Crippen molar-refractivity contribution in [1.82, 2.24) is 0 Å². The van der Waals surface area contributed by atoms with E-state index >= 15 is 0 Å². The summed E-state index contributed by atoms with van der Waals surface area (Å²) in [7, 11) is 0. The van der Waals surface area contributed by atoms with Gasteiger partial charge in [0.2, 0.25) is 0 Å². The van der Waals surface area contributed by atoms with Crippen molar-refractivity contribution in [3.63, 3.8) is 0 Å². The summed E-state index contributed by atoms with van der Waals surface area (Å²) in [5, 5.41) is 0. The lowest BCUT2D eigenvalue weighted by Crippen LogP contribution is -2.21. The first-order valence-corrected chi connectivity index (χ1v) is 8.85. The lowest BCUT2D eigenvalue weighted by Gasteiger charge is -2.30. The molecule has 2 rings (SSSR count). The lowest BCUT2D eigenvalue weighted by molar-refractivity contribution is -0.104. The van der Waals surface area contributed by atoms with Crippen molar-refractivity contribution < 1.29 is 4.79 Å². The molecule has 0 spiro atoms. The van der Waals surface area contributed by atoms with Crippen LogP contribution in [0.1, 0.15) is 46.1 Å². The summed E-state index contributed by atoms with van der Waals surface area (Å²) < 4.78 is 0. The molecule has 0 heterocycles. The maximum absolute atomic E-state index is 10.8. The molecular formula is C22H29NO. The molecule has 0 N–H and O–H groups in total. The van der Waals surface area contributed by atoms with Gasteiger partial charge in [0, 0.05) is 18.8 Å². The quantitative estimate of drug-likeness (QED) is 0.515. The van der Waals surface area contributed by atoms with Gasteiger partial charge in [-0.1, -0.05) is 44.2 Å². The van der Waals surface area contributed by atoms with E-state index in [9.17, 15) is 4.79 Å². The number of hydrogen-bond donors (Lipinski definition) is 0. The molecule has 1 aliphatic rings. The SMILES string of the molecule is CCN(CC)c1ccc(C=CC2=CC(=CC=O)CC(C)(C)C2)cc1. The molecule has 0 radical (unpaired) electrons. The summed E-state index contributed by atoms with van der Waals surface area (Å²) in [5.74, 6) is 0. The lowest BCUT2D eigenvalue weighted by atomic mass is 9.75. The van der Waals surface area contributed by atoms with Gasteiger partial charge in [0.15, 0.2) is 0 Å². The van der Waals surface area contributed by atoms with Crippen LogP contribution in [-0.4, -0.2) is 19.4 Å². The summed E-state index contributed by atoms with van der Waals surface area (Å²) in [6.07, 6.45) is 11.1. The van der Waals surface area contributed by atoms with E-state index in [0.717, 1.165) is 37.8 Å². The molecule has 0 aliphatic heterocycles. The van der Waals surface area contributed by atoms with Crippen LogP contribution in [0, 0.1) is 5.41 Å². The second-order valence-corrected chi connectivity index (χ2v) is 7.21. The fourth-order valence-corrected chi connectivity index (χ4v) is 3.40. The molecular weight excluding hydrogens is 294 g/mol. The Hall–Kier alpha value is -2.09. The van der Waals surface area contributed by atoms with E-state index in [1.54, 1.807) is 6.08 Å². The minimum atomic E-state index is 0.204. The minimum absolute atomic E-state index is 0.204. The molecule has 128 valence electrons. The Labute approximate surface area is 146 Å². The van der Waals surface area contributed by atoms with E-state index < -0.39 is 0 Å². The number of hydrogen-bond acceptors (Lipinski definition) is 2. The number of carbonyl (C=O) groups is 1. The highest BCUT2D eigenvalue weighted by Crippen LogP contribution is 2.38. The molecule has 0 atom stereocenters. The van der Waals surface area contributed by atoms with Crippen LogP contribution in [0.4, 0.5) is 5.69 Å². The zero-order chi connectivity index (χ0) is 17.6. The third kappa shape index (κ3) is 4.95. The van der Waals surface area contributed by atoms with E-state index in [1.165, 1.54) is 16.8 Å². The first-order chi connectivity index (χ1) is 11.5. The fourth-order valence-electron chi connectivity index (χ4n) is 3.40. The Balaban J connectivity index is 2.15. The summed E-state index contributed by atoms with van der Waals surface area (Å²) in [6, 6.07) is 8.70. The number of carbonyl (C=O) groups excluding carboxylic acids is 1. The average Bonchev–Trinajstić information content (AvgIpc) is 2.54. The van der Waals surface area contributed by atoms with Crippen LogP contribution in [0.5, 0.6) is 0 Å². The van der Waals surface area contributed by atoms with Gasteiger partial charge >= 0.3 is 0 Å². The molecule has 0 fully saturated rings. The Kier molecular flexibility index (Phi) is 6.19. The molecule has 0 aromatic heterocycles. The van der Waals surface area contributed by atoms with E-state index in [1.807, 2.05) is 0 Å². The normalized spacial score (nSPS) is 18.7. The fraction of sp³-hybridized carbons (Fsp3) is 0.409. The van der Waals surface area contributed by atoms with Gasteiger partial charge in [-0.3, -0.25) is 4.79 Å². The van der Waals surface area contributed by atoms with Gasteiger partial charge in [0.05, 0.1) is 0 Å². The average molecular weight is 323 g/mol. The van der Waals surface area contributed by atoms with Crippen LogP contribution in [0.15, 0.2) is 53.6 Å². The minimum Gasteiger partial charge on any atom is -0.372 e. The predicted octanol–water partition coefficient (Wildman–Crippen LogP) is 5.42. The van der Waals surface area contributed by atoms with Gasteiger partial charge in [0.1, 0.15) is 6.29 Å². The standard InChI is InChI=1S/C22H29NO/c1-5-23(6-2)21-11-9-18(10-12-21)7-8-19-15-20(13-14-24)17-22(3,4)16-19/h7-15H,5-6,16-17H2,1-4H3. The maximum Gasteiger partial charge on any atom is 0.143 e. The zero-order valence-corrected chi connectivity index (χ0v) is 15.4. The van der Waals surface area contributed by atoms with Crippen molar-refractivity contribution in [3.05, 3.63) is 59.2 Å². The first-order valence-electron chi connectivity index (χ1n) is 8.85. The van der Waals surface area contributed by atoms with Crippen molar-refractivity contribution in [3.8, 4) is 0 Å². The largest absolute Gasteiger partial charge is 0.372 e. The second-order valence-electron chi connectivity index (χ2n) is 7.21. The van der Waals surface area contributed by atoms with Crippen molar-refractivity contribution in [2.45, 2.75) is 40.5 Å². The number of allylic oxidation sites excluding steroid dienone is 5. The van der Waals surface area contributed by atoms with Crippen molar-refractivity contribution >= 4 is 18.0 Å². The number of nitrogens with zero attached hydrogens (tertiary/aromatic N) is 1. The molecule has 0 amide bonds. The smallest absolute Gasteiger partial charge is 0.143 e. The molecule has 1 aliphatic carbocycles. The molecule has 1 aromatic carbocycles. The summed E-state index contributed by atoms with van der Waals surface area (Å²) >= 11 is 0. The van der Waals surface area contributed by atoms with Gasteiger partial charge < -0.3 is 4.90 Å². The summed E-state index contributed by atoms with van der Waals surface area (Å²) in [5.41, 5.74) is 5.09. The van der Waals surface area contributed by atoms with Gasteiger partial charge in [0.25, 0.3) is 0 Å². The molecule has 1 aromatic rings. The van der Waals surface area contributed by atoms with Crippen molar-refractivity contribution in [1.29, 1.82) is 0 Å². The van der Waals surface area contributed by atoms with Crippen LogP contribution in [0.3, 0.4) is 0 Å². The topological polar surface area (TPSA) is 20.3 Å². The van der Waals surface area contributed by atoms with E-state index in [-0.39, 0.29) is 5.41 Å². The predicted molar refractivity (Wildman–Crippen MR) is 104 cm³/mol. The first kappa shape index (κ1) is 18.3. The molecule has 2 heteroatoms. The van der Waals surface area contributed by atoms with Gasteiger partial charge in [-0.05, 0) is 67.0 Å². The van der Waals surface area contributed by atoms with Crippen LogP contribution in [-0.2, 0) is 4.79 Å². The number of benzene rings is 1. The number of aldehydes is 1. The molecule has 0 bridgehead atoms. The van der Waals surface area contributed by atoms with Gasteiger partial charge in [-0.25, -0.2) is 0 Å². The van der Waals surface area contributed by atoms with E-state index in [0.29, 0.717) is 0 Å². The number of anilines is 1. The Bertz CT molecular complexity index is 643. The highest BCUT2D eigenvalue weighted by Gasteiger charge is 2.24. The molecule has 0 unspecified atom stereocenters. The monoisotopic (exact) mass is 323 g/mol. The van der Waals surface area contributed by atoms with Crippen LogP contribution < -0.4 is 4.90 Å². The van der Waals surface area contributed by atoms with Gasteiger partial charge in [-0.2, -0.15) is 0 Å². The zero-order valence-electron chi connectivity index (χ0n) is 15.4. The number of rotatable bonds is 6. The van der Waals surface area contributed by atoms with Crippen LogP contribution in [0.25, 0.3) is 6.08 Å². The molecule has 0 saturated carbocycles. The third-order valence-corrected chi connectivity index (χ3v) is 4.53. The van der Waals surface area contributed by atoms with E-state index in [4.69, 9.17) is 0 Å². The van der Waals surface area contributed by atoms with Crippen molar-refractivity contribution in [2.24, 2.45) is 5.41 Å². The molecule has 24 heavy (non-hydrogen) atoms. The highest BCUT2D eigenvalue weighted by atomic mass is 16.1. The van der Waals surface area contributed by atoms with Crippen LogP contribution >= 0.6 is 0 Å². The highest BCUT2D eigenvalue weighted by molar-refractivity contribution is 5.68. The third-order valence-electron chi connectivity index (χ3n) is 4.53. The summed E-state index contributed by atoms with van der Waals surface area (Å²) in [6.45, 7) is 10.9. The maximum atomic E-state index is 10.8. The summed E-state index contributed by atoms with van der Waals surface area (Å²) in [4.78, 5) is 13.1. The van der Waals surface area contributed by atoms with E-state index in [2.05, 4.69) is 75.1 Å². The Morgan fingerprint density at radius 3 is 2.29 bits per heavy atom. The van der Waals surface area contributed by atoms with Crippen molar-refractivity contribution in [2.75, 3.05) is 18.0 Å². The Morgan fingerprint density at radius 2 is 1.71 bits per heavy atom. The Morgan fingerprint density at radius 1 is 1.04 bits per heavy atom.